The van der Waals surface area contributed by atoms with Crippen LogP contribution in [0.2, 0.25) is 0 Å². The van der Waals surface area contributed by atoms with Gasteiger partial charge in [-0.25, -0.2) is 0 Å². The number of rotatable bonds is 6. The molecule has 0 aromatic carbocycles. The summed E-state index contributed by atoms with van der Waals surface area (Å²) in [7, 11) is 0. The lowest BCUT2D eigenvalue weighted by Gasteiger charge is -2.22. The Morgan fingerprint density at radius 2 is 2.13 bits per heavy atom. The zero-order valence-corrected chi connectivity index (χ0v) is 9.58. The maximum atomic E-state index is 8.68. The number of aliphatic hydroxyl groups is 1. The summed E-state index contributed by atoms with van der Waals surface area (Å²) in [6, 6.07) is 0. The molecule has 0 atom stereocenters. The minimum absolute atomic E-state index is 0.000594. The third kappa shape index (κ3) is 5.92. The first kappa shape index (κ1) is 12.7. The monoisotopic (exact) mass is 214 g/mol. The van der Waals surface area contributed by atoms with Gasteiger partial charge in [0.25, 0.3) is 0 Å². The van der Waals surface area contributed by atoms with E-state index in [1.165, 1.54) is 5.57 Å². The second-order valence-electron chi connectivity index (χ2n) is 3.98. The third-order valence-corrected chi connectivity index (χ3v) is 2.52. The average molecular weight is 214 g/mol. The van der Waals surface area contributed by atoms with E-state index in [9.17, 15) is 0 Å². The Morgan fingerprint density at radius 3 is 2.80 bits per heavy atom. The molecule has 0 unspecified atom stereocenters. The Balaban J connectivity index is 2.07. The van der Waals surface area contributed by atoms with Crippen LogP contribution in [0.25, 0.3) is 0 Å². The van der Waals surface area contributed by atoms with Crippen molar-refractivity contribution in [1.82, 2.24) is 0 Å². The Morgan fingerprint density at radius 1 is 1.40 bits per heavy atom. The zero-order valence-electron chi connectivity index (χ0n) is 9.58. The summed E-state index contributed by atoms with van der Waals surface area (Å²) < 4.78 is 10.9. The fourth-order valence-electron chi connectivity index (χ4n) is 1.63. The fraction of sp³-hybridized carbons (Fsp3) is 0.833. The summed E-state index contributed by atoms with van der Waals surface area (Å²) in [5, 5.41) is 8.68. The van der Waals surface area contributed by atoms with Crippen molar-refractivity contribution in [3.63, 3.8) is 0 Å². The number of aliphatic hydroxyl groups excluding tert-OH is 1. The molecule has 3 heteroatoms. The lowest BCUT2D eigenvalue weighted by atomic mass is 10.1. The number of ether oxygens (including phenoxy) is 2. The van der Waals surface area contributed by atoms with Crippen molar-refractivity contribution in [3.8, 4) is 0 Å². The molecule has 1 heterocycles. The van der Waals surface area contributed by atoms with Gasteiger partial charge in [-0.3, -0.25) is 0 Å². The molecule has 15 heavy (non-hydrogen) atoms. The van der Waals surface area contributed by atoms with Gasteiger partial charge in [0.05, 0.1) is 13.2 Å². The molecule has 1 fully saturated rings. The SMILES string of the molecule is C/C(=C\CCC1OCCCO1)CCCO. The molecule has 1 rings (SSSR count). The quantitative estimate of drug-likeness (QED) is 0.689. The molecule has 0 aromatic rings. The summed E-state index contributed by atoms with van der Waals surface area (Å²) in [5.41, 5.74) is 1.35. The lowest BCUT2D eigenvalue weighted by Crippen LogP contribution is -2.24. The van der Waals surface area contributed by atoms with Crippen LogP contribution >= 0.6 is 0 Å². The molecule has 1 N–H and O–H groups in total. The van der Waals surface area contributed by atoms with Gasteiger partial charge < -0.3 is 14.6 Å². The topological polar surface area (TPSA) is 38.7 Å². The largest absolute Gasteiger partial charge is 0.396 e. The fourth-order valence-corrected chi connectivity index (χ4v) is 1.63. The number of hydrogen-bond acceptors (Lipinski definition) is 3. The van der Waals surface area contributed by atoms with Crippen molar-refractivity contribution in [2.45, 2.75) is 45.3 Å². The van der Waals surface area contributed by atoms with Gasteiger partial charge in [0.15, 0.2) is 6.29 Å². The molecule has 0 bridgehead atoms. The second-order valence-corrected chi connectivity index (χ2v) is 3.98. The predicted octanol–water partition coefficient (Wildman–Crippen LogP) is 2.25. The van der Waals surface area contributed by atoms with Crippen LogP contribution in [0.5, 0.6) is 0 Å². The summed E-state index contributed by atoms with van der Waals surface area (Å²) in [6.07, 6.45) is 7.03. The first-order chi connectivity index (χ1) is 7.33. The smallest absolute Gasteiger partial charge is 0.157 e. The van der Waals surface area contributed by atoms with E-state index >= 15 is 0 Å². The molecule has 1 aliphatic rings. The Kier molecular flexibility index (Phi) is 6.64. The lowest BCUT2D eigenvalue weighted by molar-refractivity contribution is -0.180. The normalized spacial score (nSPS) is 19.5. The van der Waals surface area contributed by atoms with Crippen molar-refractivity contribution in [3.05, 3.63) is 11.6 Å². The highest BCUT2D eigenvalue weighted by molar-refractivity contribution is 4.97. The van der Waals surface area contributed by atoms with Crippen molar-refractivity contribution >= 4 is 0 Å². The van der Waals surface area contributed by atoms with Crippen LogP contribution in [0.1, 0.15) is 39.0 Å². The van der Waals surface area contributed by atoms with E-state index in [0.717, 1.165) is 45.3 Å². The highest BCUT2D eigenvalue weighted by Gasteiger charge is 2.12. The van der Waals surface area contributed by atoms with Gasteiger partial charge >= 0.3 is 0 Å². The zero-order chi connectivity index (χ0) is 10.9. The van der Waals surface area contributed by atoms with E-state index in [2.05, 4.69) is 13.0 Å². The van der Waals surface area contributed by atoms with Gasteiger partial charge in [-0.15, -0.1) is 0 Å². The maximum absolute atomic E-state index is 8.68. The van der Waals surface area contributed by atoms with E-state index in [0.29, 0.717) is 0 Å². The van der Waals surface area contributed by atoms with Gasteiger partial charge in [-0.2, -0.15) is 0 Å². The molecule has 1 aliphatic heterocycles. The summed E-state index contributed by atoms with van der Waals surface area (Å²) in [5.74, 6) is 0. The molecule has 0 spiro atoms. The molecular formula is C12H22O3. The van der Waals surface area contributed by atoms with E-state index in [1.54, 1.807) is 0 Å². The Hall–Kier alpha value is -0.380. The van der Waals surface area contributed by atoms with Crippen LogP contribution < -0.4 is 0 Å². The second kappa shape index (κ2) is 7.85. The highest BCUT2D eigenvalue weighted by atomic mass is 16.7. The molecule has 88 valence electrons. The van der Waals surface area contributed by atoms with Crippen LogP contribution in [-0.2, 0) is 9.47 Å². The maximum Gasteiger partial charge on any atom is 0.157 e. The molecule has 0 aliphatic carbocycles. The minimum Gasteiger partial charge on any atom is -0.396 e. The van der Waals surface area contributed by atoms with Gasteiger partial charge in [0.1, 0.15) is 0 Å². The minimum atomic E-state index is 0.000594. The van der Waals surface area contributed by atoms with E-state index < -0.39 is 0 Å². The number of allylic oxidation sites excluding steroid dienone is 2. The van der Waals surface area contributed by atoms with Crippen LogP contribution in [0.3, 0.4) is 0 Å². The summed E-state index contributed by atoms with van der Waals surface area (Å²) in [6.45, 7) is 4.05. The molecule has 0 aromatic heterocycles. The summed E-state index contributed by atoms with van der Waals surface area (Å²) in [4.78, 5) is 0. The van der Waals surface area contributed by atoms with E-state index in [1.807, 2.05) is 0 Å². The molecule has 1 saturated heterocycles. The summed E-state index contributed by atoms with van der Waals surface area (Å²) >= 11 is 0. The van der Waals surface area contributed by atoms with Gasteiger partial charge in [-0.05, 0) is 32.6 Å². The van der Waals surface area contributed by atoms with Crippen LogP contribution in [0, 0.1) is 0 Å². The van der Waals surface area contributed by atoms with Crippen molar-refractivity contribution < 1.29 is 14.6 Å². The van der Waals surface area contributed by atoms with Crippen molar-refractivity contribution in [1.29, 1.82) is 0 Å². The van der Waals surface area contributed by atoms with E-state index in [4.69, 9.17) is 14.6 Å². The van der Waals surface area contributed by atoms with Crippen molar-refractivity contribution in [2.75, 3.05) is 19.8 Å². The van der Waals surface area contributed by atoms with Gasteiger partial charge in [0, 0.05) is 13.0 Å². The van der Waals surface area contributed by atoms with Crippen LogP contribution in [-0.4, -0.2) is 31.2 Å². The van der Waals surface area contributed by atoms with Crippen molar-refractivity contribution in [2.24, 2.45) is 0 Å². The van der Waals surface area contributed by atoms with Crippen LogP contribution in [0.15, 0.2) is 11.6 Å². The molecule has 3 nitrogen and oxygen atoms in total. The molecular weight excluding hydrogens is 192 g/mol. The standard InChI is InChI=1S/C12H22O3/c1-11(6-3-8-13)5-2-7-12-14-9-4-10-15-12/h5,12-13H,2-4,6-10H2,1H3/b11-5+. The number of hydrogen-bond donors (Lipinski definition) is 1. The van der Waals surface area contributed by atoms with E-state index in [-0.39, 0.29) is 12.9 Å². The van der Waals surface area contributed by atoms with Gasteiger partial charge in [0.2, 0.25) is 0 Å². The third-order valence-electron chi connectivity index (χ3n) is 2.52. The molecule has 0 radical (unpaired) electrons. The highest BCUT2D eigenvalue weighted by Crippen LogP contribution is 2.12. The average Bonchev–Trinajstić information content (AvgIpc) is 2.28. The van der Waals surface area contributed by atoms with Crippen LogP contribution in [0.4, 0.5) is 0 Å². The Labute approximate surface area is 92.1 Å². The Bertz CT molecular complexity index is 183. The van der Waals surface area contributed by atoms with Gasteiger partial charge in [-0.1, -0.05) is 11.6 Å². The predicted molar refractivity (Wildman–Crippen MR) is 59.6 cm³/mol. The molecule has 0 saturated carbocycles. The molecule has 0 amide bonds. The first-order valence-corrected chi connectivity index (χ1v) is 5.82. The first-order valence-electron chi connectivity index (χ1n) is 5.82.